The molecule has 0 radical (unpaired) electrons. The number of carbonyl (C=O) groups excluding carboxylic acids is 1. The maximum atomic E-state index is 12.6. The minimum absolute atomic E-state index is 0.0639. The highest BCUT2D eigenvalue weighted by molar-refractivity contribution is 7.94. The van der Waals surface area contributed by atoms with Gasteiger partial charge in [0.25, 0.3) is 10.0 Å². The van der Waals surface area contributed by atoms with E-state index < -0.39 is 10.0 Å². The molecular formula is C18H19N3O3S2. The standard InChI is InChI=1S/C18H19N3O3S2/c1-3-10-21-17(8-9-19-21)15-11-18(25-12-15)26(23,24)20-16-6-4-14(5-7-16)13(2)22/h4-9,11-12,20H,3,10H2,1-2H3. The summed E-state index contributed by atoms with van der Waals surface area (Å²) in [5.74, 6) is -0.0639. The highest BCUT2D eigenvalue weighted by atomic mass is 32.2. The molecule has 6 nitrogen and oxygen atoms in total. The number of rotatable bonds is 7. The van der Waals surface area contributed by atoms with Crippen molar-refractivity contribution in [3.05, 3.63) is 53.5 Å². The molecule has 0 fully saturated rings. The summed E-state index contributed by atoms with van der Waals surface area (Å²) in [4.78, 5) is 11.3. The van der Waals surface area contributed by atoms with Crippen molar-refractivity contribution in [2.75, 3.05) is 4.72 Å². The maximum Gasteiger partial charge on any atom is 0.271 e. The molecule has 2 heterocycles. The van der Waals surface area contributed by atoms with Gasteiger partial charge in [-0.15, -0.1) is 11.3 Å². The average Bonchev–Trinajstić information content (AvgIpc) is 3.24. The lowest BCUT2D eigenvalue weighted by atomic mass is 10.1. The Hall–Kier alpha value is -2.45. The molecule has 3 rings (SSSR count). The number of carbonyl (C=O) groups is 1. The van der Waals surface area contributed by atoms with Gasteiger partial charge in [-0.2, -0.15) is 5.10 Å². The zero-order chi connectivity index (χ0) is 18.7. The van der Waals surface area contributed by atoms with Crippen molar-refractivity contribution in [3.8, 4) is 11.3 Å². The third kappa shape index (κ3) is 3.86. The number of ketones is 1. The van der Waals surface area contributed by atoms with Crippen LogP contribution in [0.1, 0.15) is 30.6 Å². The number of aryl methyl sites for hydroxylation is 1. The van der Waals surface area contributed by atoms with Gasteiger partial charge in [-0.25, -0.2) is 8.42 Å². The van der Waals surface area contributed by atoms with Crippen LogP contribution in [0.2, 0.25) is 0 Å². The number of sulfonamides is 1. The molecule has 136 valence electrons. The fourth-order valence-corrected chi connectivity index (χ4v) is 4.77. The molecule has 0 unspecified atom stereocenters. The van der Waals surface area contributed by atoms with E-state index in [1.54, 1.807) is 36.5 Å². The number of anilines is 1. The van der Waals surface area contributed by atoms with E-state index in [1.165, 1.54) is 6.92 Å². The summed E-state index contributed by atoms with van der Waals surface area (Å²) in [5, 5.41) is 6.09. The fraction of sp³-hybridized carbons (Fsp3) is 0.222. The van der Waals surface area contributed by atoms with Crippen molar-refractivity contribution in [3.63, 3.8) is 0 Å². The Kier molecular flexibility index (Phi) is 5.24. The molecule has 1 N–H and O–H groups in total. The van der Waals surface area contributed by atoms with Gasteiger partial charge in [0.15, 0.2) is 5.78 Å². The average molecular weight is 390 g/mol. The van der Waals surface area contributed by atoms with Crippen LogP contribution in [0, 0.1) is 0 Å². The SMILES string of the molecule is CCCn1nccc1-c1csc(S(=O)(=O)Nc2ccc(C(C)=O)cc2)c1. The van der Waals surface area contributed by atoms with Crippen molar-refractivity contribution in [2.24, 2.45) is 0 Å². The van der Waals surface area contributed by atoms with Crippen molar-refractivity contribution >= 4 is 32.8 Å². The second-order valence-electron chi connectivity index (χ2n) is 5.83. The molecule has 8 heteroatoms. The van der Waals surface area contributed by atoms with Gasteiger partial charge in [-0.3, -0.25) is 14.2 Å². The number of hydrogen-bond donors (Lipinski definition) is 1. The van der Waals surface area contributed by atoms with Crippen LogP contribution in [0.25, 0.3) is 11.3 Å². The van der Waals surface area contributed by atoms with Crippen LogP contribution in [-0.2, 0) is 16.6 Å². The van der Waals surface area contributed by atoms with Gasteiger partial charge in [0, 0.05) is 34.9 Å². The number of nitrogens with zero attached hydrogens (tertiary/aromatic N) is 2. The van der Waals surface area contributed by atoms with Gasteiger partial charge in [0.2, 0.25) is 0 Å². The van der Waals surface area contributed by atoms with Crippen molar-refractivity contribution in [2.45, 2.75) is 31.0 Å². The molecule has 0 aliphatic rings. The van der Waals surface area contributed by atoms with E-state index in [9.17, 15) is 13.2 Å². The normalized spacial score (nSPS) is 11.5. The first-order chi connectivity index (χ1) is 12.4. The van der Waals surface area contributed by atoms with Crippen LogP contribution in [-0.4, -0.2) is 24.0 Å². The van der Waals surface area contributed by atoms with Crippen LogP contribution in [0.4, 0.5) is 5.69 Å². The van der Waals surface area contributed by atoms with E-state index >= 15 is 0 Å². The van der Waals surface area contributed by atoms with E-state index in [-0.39, 0.29) is 9.99 Å². The first-order valence-corrected chi connectivity index (χ1v) is 10.5. The highest BCUT2D eigenvalue weighted by Gasteiger charge is 2.19. The smallest absolute Gasteiger partial charge is 0.271 e. The predicted molar refractivity (Wildman–Crippen MR) is 103 cm³/mol. The molecular weight excluding hydrogens is 370 g/mol. The third-order valence-electron chi connectivity index (χ3n) is 3.83. The fourth-order valence-electron chi connectivity index (χ4n) is 2.54. The lowest BCUT2D eigenvalue weighted by Gasteiger charge is -2.07. The Morgan fingerprint density at radius 3 is 2.62 bits per heavy atom. The first-order valence-electron chi connectivity index (χ1n) is 8.15. The first kappa shape index (κ1) is 18.3. The summed E-state index contributed by atoms with van der Waals surface area (Å²) >= 11 is 1.16. The summed E-state index contributed by atoms with van der Waals surface area (Å²) in [6.45, 7) is 4.31. The molecule has 0 atom stereocenters. The Bertz CT molecular complexity index is 1020. The molecule has 0 bridgehead atoms. The van der Waals surface area contributed by atoms with Crippen LogP contribution >= 0.6 is 11.3 Å². The Labute approximate surface area is 156 Å². The Balaban J connectivity index is 1.83. The Morgan fingerprint density at radius 2 is 1.96 bits per heavy atom. The van der Waals surface area contributed by atoms with Crippen LogP contribution in [0.15, 0.2) is 52.2 Å². The Morgan fingerprint density at radius 1 is 1.23 bits per heavy atom. The third-order valence-corrected chi connectivity index (χ3v) is 6.65. The zero-order valence-corrected chi connectivity index (χ0v) is 16.1. The molecule has 0 amide bonds. The number of benzene rings is 1. The summed E-state index contributed by atoms with van der Waals surface area (Å²) in [6, 6.07) is 9.90. The number of aromatic nitrogens is 2. The summed E-state index contributed by atoms with van der Waals surface area (Å²) in [6.07, 6.45) is 2.66. The molecule has 0 spiro atoms. The topological polar surface area (TPSA) is 81.1 Å². The van der Waals surface area contributed by atoms with Gasteiger partial charge in [0.05, 0.1) is 5.69 Å². The van der Waals surface area contributed by atoms with Crippen LogP contribution < -0.4 is 4.72 Å². The summed E-state index contributed by atoms with van der Waals surface area (Å²) in [5.41, 5.74) is 2.68. The van der Waals surface area contributed by atoms with Crippen molar-refractivity contribution < 1.29 is 13.2 Å². The molecule has 0 aliphatic heterocycles. The monoisotopic (exact) mass is 389 g/mol. The van der Waals surface area contributed by atoms with E-state index in [2.05, 4.69) is 16.7 Å². The van der Waals surface area contributed by atoms with Crippen LogP contribution in [0.5, 0.6) is 0 Å². The second-order valence-corrected chi connectivity index (χ2v) is 8.65. The van der Waals surface area contributed by atoms with E-state index in [1.807, 2.05) is 16.1 Å². The molecule has 0 saturated carbocycles. The van der Waals surface area contributed by atoms with Gasteiger partial charge in [-0.05, 0) is 49.7 Å². The summed E-state index contributed by atoms with van der Waals surface area (Å²) < 4.78 is 29.9. The lowest BCUT2D eigenvalue weighted by molar-refractivity contribution is 0.101. The highest BCUT2D eigenvalue weighted by Crippen LogP contribution is 2.29. The molecule has 2 aromatic heterocycles. The molecule has 26 heavy (non-hydrogen) atoms. The van der Waals surface area contributed by atoms with Crippen molar-refractivity contribution in [1.82, 2.24) is 9.78 Å². The maximum absolute atomic E-state index is 12.6. The van der Waals surface area contributed by atoms with Gasteiger partial charge < -0.3 is 0 Å². The minimum Gasteiger partial charge on any atom is -0.295 e. The number of hydrogen-bond acceptors (Lipinski definition) is 5. The lowest BCUT2D eigenvalue weighted by Crippen LogP contribution is -2.11. The predicted octanol–water partition coefficient (Wildman–Crippen LogP) is 4.03. The molecule has 3 aromatic rings. The quantitative estimate of drug-likeness (QED) is 0.619. The van der Waals surface area contributed by atoms with E-state index in [0.29, 0.717) is 11.3 Å². The minimum atomic E-state index is -3.69. The van der Waals surface area contributed by atoms with Gasteiger partial charge in [0.1, 0.15) is 4.21 Å². The van der Waals surface area contributed by atoms with E-state index in [0.717, 1.165) is 35.6 Å². The van der Waals surface area contributed by atoms with Gasteiger partial charge in [-0.1, -0.05) is 6.92 Å². The van der Waals surface area contributed by atoms with E-state index in [4.69, 9.17) is 0 Å². The second kappa shape index (κ2) is 7.43. The van der Waals surface area contributed by atoms with Gasteiger partial charge >= 0.3 is 0 Å². The summed E-state index contributed by atoms with van der Waals surface area (Å²) in [7, 11) is -3.69. The number of nitrogens with one attached hydrogen (secondary N) is 1. The molecule has 0 saturated heterocycles. The number of Topliss-reactive ketones (excluding diaryl/α,β-unsaturated/α-hetero) is 1. The van der Waals surface area contributed by atoms with Crippen LogP contribution in [0.3, 0.4) is 0 Å². The largest absolute Gasteiger partial charge is 0.295 e. The number of thiophene rings is 1. The molecule has 1 aromatic carbocycles. The van der Waals surface area contributed by atoms with Crippen molar-refractivity contribution in [1.29, 1.82) is 0 Å². The molecule has 0 aliphatic carbocycles. The zero-order valence-electron chi connectivity index (χ0n) is 14.5.